The van der Waals surface area contributed by atoms with Crippen LogP contribution in [0.3, 0.4) is 0 Å². The van der Waals surface area contributed by atoms with Crippen LogP contribution >= 0.6 is 15.9 Å². The molecule has 0 aliphatic rings. The van der Waals surface area contributed by atoms with E-state index in [1.807, 2.05) is 24.7 Å². The molecule has 1 atom stereocenters. The van der Waals surface area contributed by atoms with Crippen LogP contribution in [0.5, 0.6) is 0 Å². The number of aryl methyl sites for hydroxylation is 2. The van der Waals surface area contributed by atoms with Crippen molar-refractivity contribution in [2.45, 2.75) is 39.2 Å². The predicted octanol–water partition coefficient (Wildman–Crippen LogP) is 3.44. The van der Waals surface area contributed by atoms with Crippen LogP contribution in [0.2, 0.25) is 0 Å². The van der Waals surface area contributed by atoms with Gasteiger partial charge >= 0.3 is 0 Å². The molecule has 114 valence electrons. The number of nitrogens with two attached hydrogens (primary N) is 1. The first-order chi connectivity index (χ1) is 9.90. The van der Waals surface area contributed by atoms with Crippen molar-refractivity contribution < 1.29 is 4.39 Å². The Bertz CT molecular complexity index is 637. The van der Waals surface area contributed by atoms with Gasteiger partial charge in [0, 0.05) is 18.8 Å². The lowest BCUT2D eigenvalue weighted by molar-refractivity contribution is 0.592. The molecule has 21 heavy (non-hydrogen) atoms. The number of aromatic nitrogens is 2. The summed E-state index contributed by atoms with van der Waals surface area (Å²) in [5.41, 5.74) is 10.6. The van der Waals surface area contributed by atoms with E-state index in [-0.39, 0.29) is 11.9 Å². The molecule has 1 aromatic carbocycles. The van der Waals surface area contributed by atoms with Crippen LogP contribution in [0.4, 0.5) is 4.39 Å². The quantitative estimate of drug-likeness (QED) is 0.894. The minimum Gasteiger partial charge on any atom is -0.327 e. The molecule has 2 aromatic rings. The Labute approximate surface area is 133 Å². The molecule has 0 bridgehead atoms. The largest absolute Gasteiger partial charge is 0.327 e. The van der Waals surface area contributed by atoms with Gasteiger partial charge in [-0.1, -0.05) is 12.1 Å². The SMILES string of the molecule is Cc1nn(C)c(C)c1CCC(N)Cc1cccc(F)c1Br. The molecule has 0 aliphatic heterocycles. The maximum atomic E-state index is 13.5. The molecule has 1 heterocycles. The molecule has 1 unspecified atom stereocenters. The zero-order chi connectivity index (χ0) is 15.6. The van der Waals surface area contributed by atoms with Crippen LogP contribution in [0.15, 0.2) is 22.7 Å². The summed E-state index contributed by atoms with van der Waals surface area (Å²) in [6.45, 7) is 4.10. The van der Waals surface area contributed by atoms with Crippen LogP contribution < -0.4 is 5.73 Å². The Morgan fingerprint density at radius 3 is 2.71 bits per heavy atom. The number of benzene rings is 1. The summed E-state index contributed by atoms with van der Waals surface area (Å²) >= 11 is 3.29. The highest BCUT2D eigenvalue weighted by Gasteiger charge is 2.13. The molecule has 0 spiro atoms. The molecule has 0 fully saturated rings. The van der Waals surface area contributed by atoms with Crippen LogP contribution in [0, 0.1) is 19.7 Å². The average Bonchev–Trinajstić information content (AvgIpc) is 2.67. The van der Waals surface area contributed by atoms with Gasteiger partial charge in [0.05, 0.1) is 10.2 Å². The number of halogens is 2. The molecule has 2 N–H and O–H groups in total. The third-order valence-electron chi connectivity index (χ3n) is 3.94. The maximum Gasteiger partial charge on any atom is 0.137 e. The molecule has 0 saturated heterocycles. The van der Waals surface area contributed by atoms with Gasteiger partial charge in [-0.2, -0.15) is 5.10 Å². The first-order valence-corrected chi connectivity index (χ1v) is 7.87. The van der Waals surface area contributed by atoms with Crippen LogP contribution in [-0.4, -0.2) is 15.8 Å². The Kier molecular flexibility index (Phi) is 5.17. The number of hydrogen-bond acceptors (Lipinski definition) is 2. The van der Waals surface area contributed by atoms with E-state index in [4.69, 9.17) is 5.73 Å². The molecular formula is C16H21BrFN3. The standard InChI is InChI=1S/C16H21BrFN3/c1-10-14(11(2)21(3)20-10)8-7-13(19)9-12-5-4-6-15(18)16(12)17/h4-6,13H,7-9,19H2,1-3H3. The molecule has 5 heteroatoms. The maximum absolute atomic E-state index is 13.5. The molecule has 1 aromatic heterocycles. The van der Waals surface area contributed by atoms with Crippen molar-refractivity contribution in [3.05, 3.63) is 51.0 Å². The van der Waals surface area contributed by atoms with E-state index in [1.165, 1.54) is 17.3 Å². The van der Waals surface area contributed by atoms with Crippen molar-refractivity contribution in [1.82, 2.24) is 9.78 Å². The van der Waals surface area contributed by atoms with Crippen molar-refractivity contribution >= 4 is 15.9 Å². The summed E-state index contributed by atoms with van der Waals surface area (Å²) in [6, 6.07) is 5.08. The average molecular weight is 354 g/mol. The van der Waals surface area contributed by atoms with Gasteiger partial charge in [-0.25, -0.2) is 4.39 Å². The summed E-state index contributed by atoms with van der Waals surface area (Å²) < 4.78 is 15.9. The summed E-state index contributed by atoms with van der Waals surface area (Å²) in [7, 11) is 1.95. The zero-order valence-electron chi connectivity index (χ0n) is 12.7. The highest BCUT2D eigenvalue weighted by atomic mass is 79.9. The molecular weight excluding hydrogens is 333 g/mol. The number of rotatable bonds is 5. The van der Waals surface area contributed by atoms with Crippen molar-refractivity contribution in [2.24, 2.45) is 12.8 Å². The second kappa shape index (κ2) is 6.71. The van der Waals surface area contributed by atoms with Crippen LogP contribution in [0.1, 0.15) is 28.9 Å². The highest BCUT2D eigenvalue weighted by Crippen LogP contribution is 2.22. The third kappa shape index (κ3) is 3.71. The van der Waals surface area contributed by atoms with E-state index in [9.17, 15) is 4.39 Å². The van der Waals surface area contributed by atoms with E-state index >= 15 is 0 Å². The second-order valence-electron chi connectivity index (χ2n) is 5.49. The van der Waals surface area contributed by atoms with Crippen molar-refractivity contribution in [3.8, 4) is 0 Å². The number of nitrogens with zero attached hydrogens (tertiary/aromatic N) is 2. The lowest BCUT2D eigenvalue weighted by atomic mass is 9.99. The Balaban J connectivity index is 1.99. The summed E-state index contributed by atoms with van der Waals surface area (Å²) in [4.78, 5) is 0. The smallest absolute Gasteiger partial charge is 0.137 e. The molecule has 2 rings (SSSR count). The number of hydrogen-bond donors (Lipinski definition) is 1. The monoisotopic (exact) mass is 353 g/mol. The molecule has 0 saturated carbocycles. The van der Waals surface area contributed by atoms with E-state index < -0.39 is 0 Å². The fourth-order valence-corrected chi connectivity index (χ4v) is 3.03. The summed E-state index contributed by atoms with van der Waals surface area (Å²) in [5, 5.41) is 4.42. The third-order valence-corrected chi connectivity index (χ3v) is 4.83. The fraction of sp³-hybridized carbons (Fsp3) is 0.438. The van der Waals surface area contributed by atoms with Gasteiger partial charge in [0.25, 0.3) is 0 Å². The minimum atomic E-state index is -0.237. The summed E-state index contributed by atoms with van der Waals surface area (Å²) in [5.74, 6) is -0.237. The molecule has 0 radical (unpaired) electrons. The van der Waals surface area contributed by atoms with Crippen molar-refractivity contribution in [2.75, 3.05) is 0 Å². The first kappa shape index (κ1) is 16.2. The normalized spacial score (nSPS) is 12.7. The van der Waals surface area contributed by atoms with Crippen LogP contribution in [0.25, 0.3) is 0 Å². The molecule has 0 aliphatic carbocycles. The van der Waals surface area contributed by atoms with Crippen LogP contribution in [-0.2, 0) is 19.9 Å². The minimum absolute atomic E-state index is 0.00195. The predicted molar refractivity (Wildman–Crippen MR) is 86.8 cm³/mol. The van der Waals surface area contributed by atoms with Crippen molar-refractivity contribution in [1.29, 1.82) is 0 Å². The van der Waals surface area contributed by atoms with E-state index in [1.54, 1.807) is 6.07 Å². The molecule has 3 nitrogen and oxygen atoms in total. The lowest BCUT2D eigenvalue weighted by Gasteiger charge is -2.13. The van der Waals surface area contributed by atoms with E-state index in [0.29, 0.717) is 10.9 Å². The Morgan fingerprint density at radius 1 is 1.38 bits per heavy atom. The Morgan fingerprint density at radius 2 is 2.10 bits per heavy atom. The van der Waals surface area contributed by atoms with E-state index in [2.05, 4.69) is 28.0 Å². The fourth-order valence-electron chi connectivity index (χ4n) is 2.60. The van der Waals surface area contributed by atoms with Gasteiger partial charge in [0.2, 0.25) is 0 Å². The van der Waals surface area contributed by atoms with Crippen molar-refractivity contribution in [3.63, 3.8) is 0 Å². The zero-order valence-corrected chi connectivity index (χ0v) is 14.2. The van der Waals surface area contributed by atoms with Gasteiger partial charge in [-0.05, 0) is 66.2 Å². The first-order valence-electron chi connectivity index (χ1n) is 7.07. The van der Waals surface area contributed by atoms with Gasteiger partial charge in [0.1, 0.15) is 5.82 Å². The summed E-state index contributed by atoms with van der Waals surface area (Å²) in [6.07, 6.45) is 2.42. The Hall–Kier alpha value is -1.20. The van der Waals surface area contributed by atoms with Gasteiger partial charge < -0.3 is 5.73 Å². The van der Waals surface area contributed by atoms with Gasteiger partial charge in [0.15, 0.2) is 0 Å². The second-order valence-corrected chi connectivity index (χ2v) is 6.28. The topological polar surface area (TPSA) is 43.8 Å². The van der Waals surface area contributed by atoms with Gasteiger partial charge in [-0.15, -0.1) is 0 Å². The molecule has 0 amide bonds. The lowest BCUT2D eigenvalue weighted by Crippen LogP contribution is -2.24. The van der Waals surface area contributed by atoms with Gasteiger partial charge in [-0.3, -0.25) is 4.68 Å². The van der Waals surface area contributed by atoms with E-state index in [0.717, 1.165) is 24.1 Å². The highest BCUT2D eigenvalue weighted by molar-refractivity contribution is 9.10.